The summed E-state index contributed by atoms with van der Waals surface area (Å²) in [6.07, 6.45) is 1.23. The average Bonchev–Trinajstić information content (AvgIpc) is 2.66. The highest BCUT2D eigenvalue weighted by molar-refractivity contribution is 7.99. The zero-order valence-corrected chi connectivity index (χ0v) is 12.5. The summed E-state index contributed by atoms with van der Waals surface area (Å²) in [5.74, 6) is 1.05. The molecule has 1 aromatic heterocycles. The molecular formula is C12H22N2S2. The molecule has 0 amide bonds. The predicted octanol–water partition coefficient (Wildman–Crippen LogP) is 3.76. The standard InChI is InChI=1S/C12H22N2S2/c1-6-8(2)15-7-11-14-10(4)12(16-11)9(3)13-5/h8-9,13H,6-7H2,1-5H3. The van der Waals surface area contributed by atoms with Gasteiger partial charge in [-0.2, -0.15) is 11.8 Å². The van der Waals surface area contributed by atoms with Crippen molar-refractivity contribution in [2.45, 2.75) is 51.2 Å². The molecule has 2 nitrogen and oxygen atoms in total. The summed E-state index contributed by atoms with van der Waals surface area (Å²) in [4.78, 5) is 6.02. The highest BCUT2D eigenvalue weighted by atomic mass is 32.2. The molecule has 0 saturated carbocycles. The van der Waals surface area contributed by atoms with E-state index < -0.39 is 0 Å². The Kier molecular flexibility index (Phi) is 5.79. The molecule has 0 aliphatic carbocycles. The predicted molar refractivity (Wildman–Crippen MR) is 75.4 cm³/mol. The highest BCUT2D eigenvalue weighted by Gasteiger charge is 2.13. The molecule has 0 radical (unpaired) electrons. The van der Waals surface area contributed by atoms with Crippen molar-refractivity contribution < 1.29 is 0 Å². The molecule has 2 atom stereocenters. The van der Waals surface area contributed by atoms with Gasteiger partial charge in [0.15, 0.2) is 0 Å². The minimum Gasteiger partial charge on any atom is -0.312 e. The van der Waals surface area contributed by atoms with Gasteiger partial charge in [-0.15, -0.1) is 11.3 Å². The molecule has 1 rings (SSSR count). The van der Waals surface area contributed by atoms with E-state index in [0.717, 1.165) is 11.0 Å². The quantitative estimate of drug-likeness (QED) is 0.841. The van der Waals surface area contributed by atoms with Crippen LogP contribution in [0.15, 0.2) is 0 Å². The van der Waals surface area contributed by atoms with E-state index in [-0.39, 0.29) is 0 Å². The van der Waals surface area contributed by atoms with Gasteiger partial charge in [0.2, 0.25) is 0 Å². The number of thioether (sulfide) groups is 1. The van der Waals surface area contributed by atoms with Crippen LogP contribution in [-0.2, 0) is 5.75 Å². The molecule has 0 fully saturated rings. The number of aromatic nitrogens is 1. The van der Waals surface area contributed by atoms with E-state index in [0.29, 0.717) is 6.04 Å². The Bertz CT molecular complexity index is 323. The minimum atomic E-state index is 0.417. The molecule has 0 aliphatic rings. The number of hydrogen-bond donors (Lipinski definition) is 1. The second-order valence-electron chi connectivity index (χ2n) is 4.10. The number of hydrogen-bond acceptors (Lipinski definition) is 4. The molecule has 0 spiro atoms. The lowest BCUT2D eigenvalue weighted by molar-refractivity contribution is 0.658. The van der Waals surface area contributed by atoms with Crippen LogP contribution in [0.1, 0.15) is 48.8 Å². The van der Waals surface area contributed by atoms with Crippen LogP contribution >= 0.6 is 23.1 Å². The van der Waals surface area contributed by atoms with E-state index in [2.05, 4.69) is 38.0 Å². The number of rotatable bonds is 6. The molecule has 0 aromatic carbocycles. The number of thiazole rings is 1. The molecule has 0 aliphatic heterocycles. The second-order valence-corrected chi connectivity index (χ2v) is 6.64. The summed E-state index contributed by atoms with van der Waals surface area (Å²) >= 11 is 3.85. The maximum absolute atomic E-state index is 4.64. The van der Waals surface area contributed by atoms with Crippen LogP contribution in [0.4, 0.5) is 0 Å². The van der Waals surface area contributed by atoms with Crippen LogP contribution in [-0.4, -0.2) is 17.3 Å². The normalized spacial score (nSPS) is 15.1. The molecule has 1 heterocycles. The fourth-order valence-corrected chi connectivity index (χ4v) is 3.48. The van der Waals surface area contributed by atoms with Crippen molar-refractivity contribution in [3.05, 3.63) is 15.6 Å². The summed E-state index contributed by atoms with van der Waals surface area (Å²) in [6.45, 7) is 8.81. The summed E-state index contributed by atoms with van der Waals surface area (Å²) in [5, 5.41) is 5.27. The third-order valence-electron chi connectivity index (χ3n) is 2.77. The molecule has 4 heteroatoms. The van der Waals surface area contributed by atoms with Crippen molar-refractivity contribution in [1.82, 2.24) is 10.3 Å². The van der Waals surface area contributed by atoms with E-state index >= 15 is 0 Å². The summed E-state index contributed by atoms with van der Waals surface area (Å²) in [6, 6.07) is 0.417. The molecule has 16 heavy (non-hydrogen) atoms. The van der Waals surface area contributed by atoms with Crippen molar-refractivity contribution in [3.63, 3.8) is 0 Å². The van der Waals surface area contributed by atoms with Crippen molar-refractivity contribution in [2.75, 3.05) is 7.05 Å². The lowest BCUT2D eigenvalue weighted by Crippen LogP contribution is -2.11. The first-order chi connectivity index (χ1) is 7.58. The van der Waals surface area contributed by atoms with Crippen LogP contribution in [0.2, 0.25) is 0 Å². The number of nitrogens with zero attached hydrogens (tertiary/aromatic N) is 1. The van der Waals surface area contributed by atoms with Crippen LogP contribution < -0.4 is 5.32 Å². The highest BCUT2D eigenvalue weighted by Crippen LogP contribution is 2.28. The average molecular weight is 258 g/mol. The second kappa shape index (κ2) is 6.62. The van der Waals surface area contributed by atoms with Gasteiger partial charge in [-0.25, -0.2) is 4.98 Å². The monoisotopic (exact) mass is 258 g/mol. The van der Waals surface area contributed by atoms with E-state index in [4.69, 9.17) is 0 Å². The SMILES string of the molecule is CCC(C)SCc1nc(C)c(C(C)NC)s1. The molecule has 1 N–H and O–H groups in total. The maximum Gasteiger partial charge on any atom is 0.103 e. The Labute approximate surface area is 107 Å². The lowest BCUT2D eigenvalue weighted by Gasteiger charge is -2.07. The third-order valence-corrected chi connectivity index (χ3v) is 5.63. The molecule has 92 valence electrons. The lowest BCUT2D eigenvalue weighted by atomic mass is 10.2. The van der Waals surface area contributed by atoms with Gasteiger partial charge in [0.1, 0.15) is 5.01 Å². The van der Waals surface area contributed by atoms with E-state index in [1.165, 1.54) is 22.0 Å². The van der Waals surface area contributed by atoms with Gasteiger partial charge in [-0.1, -0.05) is 13.8 Å². The van der Waals surface area contributed by atoms with Gasteiger partial charge in [-0.3, -0.25) is 0 Å². The van der Waals surface area contributed by atoms with Crippen LogP contribution in [0.25, 0.3) is 0 Å². The zero-order chi connectivity index (χ0) is 12.1. The van der Waals surface area contributed by atoms with Crippen LogP contribution in [0.5, 0.6) is 0 Å². The number of aryl methyl sites for hydroxylation is 1. The summed E-state index contributed by atoms with van der Waals surface area (Å²) in [5.41, 5.74) is 1.19. The summed E-state index contributed by atoms with van der Waals surface area (Å²) in [7, 11) is 2.00. The third kappa shape index (κ3) is 3.75. The topological polar surface area (TPSA) is 24.9 Å². The molecule has 1 aromatic rings. The van der Waals surface area contributed by atoms with Gasteiger partial charge < -0.3 is 5.32 Å². The fraction of sp³-hybridized carbons (Fsp3) is 0.750. The number of nitrogens with one attached hydrogen (secondary N) is 1. The Morgan fingerprint density at radius 1 is 1.44 bits per heavy atom. The van der Waals surface area contributed by atoms with E-state index in [9.17, 15) is 0 Å². The van der Waals surface area contributed by atoms with Gasteiger partial charge in [0.05, 0.1) is 5.69 Å². The van der Waals surface area contributed by atoms with Crippen molar-refractivity contribution in [3.8, 4) is 0 Å². The van der Waals surface area contributed by atoms with Crippen molar-refractivity contribution in [1.29, 1.82) is 0 Å². The largest absolute Gasteiger partial charge is 0.312 e. The van der Waals surface area contributed by atoms with Crippen LogP contribution in [0.3, 0.4) is 0 Å². The van der Waals surface area contributed by atoms with Crippen LogP contribution in [0, 0.1) is 6.92 Å². The molecular weight excluding hydrogens is 236 g/mol. The van der Waals surface area contributed by atoms with Crippen molar-refractivity contribution >= 4 is 23.1 Å². The van der Waals surface area contributed by atoms with Crippen molar-refractivity contribution in [2.24, 2.45) is 0 Å². The Morgan fingerprint density at radius 3 is 2.69 bits per heavy atom. The Morgan fingerprint density at radius 2 is 2.12 bits per heavy atom. The fourth-order valence-electron chi connectivity index (χ4n) is 1.39. The van der Waals surface area contributed by atoms with Gasteiger partial charge in [-0.05, 0) is 27.3 Å². The molecule has 0 bridgehead atoms. The first kappa shape index (κ1) is 14.0. The van der Waals surface area contributed by atoms with E-state index in [1.807, 2.05) is 30.1 Å². The maximum atomic E-state index is 4.64. The van der Waals surface area contributed by atoms with Gasteiger partial charge >= 0.3 is 0 Å². The van der Waals surface area contributed by atoms with Gasteiger partial charge in [0, 0.05) is 21.9 Å². The zero-order valence-electron chi connectivity index (χ0n) is 10.8. The Hall–Kier alpha value is -0.0600. The Balaban J connectivity index is 2.62. The smallest absolute Gasteiger partial charge is 0.103 e. The van der Waals surface area contributed by atoms with Gasteiger partial charge in [0.25, 0.3) is 0 Å². The summed E-state index contributed by atoms with van der Waals surface area (Å²) < 4.78 is 0. The molecule has 2 unspecified atom stereocenters. The first-order valence-electron chi connectivity index (χ1n) is 5.83. The first-order valence-corrected chi connectivity index (χ1v) is 7.70. The molecule has 0 saturated heterocycles. The minimum absolute atomic E-state index is 0.417. The van der Waals surface area contributed by atoms with E-state index in [1.54, 1.807) is 0 Å².